The number of hydrazone groups is 1. The van der Waals surface area contributed by atoms with Crippen molar-refractivity contribution in [1.82, 2.24) is 4.98 Å². The van der Waals surface area contributed by atoms with Crippen molar-refractivity contribution in [2.45, 2.75) is 25.3 Å². The molecule has 162 valence electrons. The lowest BCUT2D eigenvalue weighted by Gasteiger charge is -2.29. The molecule has 4 heteroatoms. The van der Waals surface area contributed by atoms with E-state index in [1.165, 1.54) is 28.8 Å². The molecule has 1 fully saturated rings. The van der Waals surface area contributed by atoms with Crippen molar-refractivity contribution >= 4 is 28.3 Å². The third kappa shape index (κ3) is 3.91. The molecular weight excluding hydrogens is 422 g/mol. The normalized spacial score (nSPS) is 21.2. The van der Waals surface area contributed by atoms with E-state index in [1.54, 1.807) is 11.3 Å². The molecule has 1 aliphatic heterocycles. The van der Waals surface area contributed by atoms with Crippen LogP contribution in [0.3, 0.4) is 0 Å². The standard InChI is InChI=1S/C29H25N3S/c1-4-11-21(12-5-1)19-24-17-10-18-25-27(24)31-32(28(25)23-15-8-3-9-16-23)29-30-26(20-33-29)22-13-6-2-7-14-22/h1-9,11-16,19-20,25,28H,10,17-18H2. The average molecular weight is 448 g/mol. The number of allylic oxidation sites excluding steroid dienone is 1. The molecule has 0 bridgehead atoms. The monoisotopic (exact) mass is 447 g/mol. The molecule has 2 heterocycles. The molecule has 33 heavy (non-hydrogen) atoms. The summed E-state index contributed by atoms with van der Waals surface area (Å²) in [6.07, 6.45) is 5.74. The average Bonchev–Trinajstić information content (AvgIpc) is 3.52. The van der Waals surface area contributed by atoms with Crippen molar-refractivity contribution in [2.75, 3.05) is 5.01 Å². The van der Waals surface area contributed by atoms with Gasteiger partial charge >= 0.3 is 0 Å². The van der Waals surface area contributed by atoms with Crippen molar-refractivity contribution in [2.24, 2.45) is 11.0 Å². The Bertz CT molecular complexity index is 1290. The summed E-state index contributed by atoms with van der Waals surface area (Å²) in [7, 11) is 0. The van der Waals surface area contributed by atoms with Crippen molar-refractivity contribution in [3.8, 4) is 11.3 Å². The van der Waals surface area contributed by atoms with E-state index in [4.69, 9.17) is 10.1 Å². The summed E-state index contributed by atoms with van der Waals surface area (Å²) < 4.78 is 0. The second kappa shape index (κ2) is 8.80. The van der Waals surface area contributed by atoms with Gasteiger partial charge < -0.3 is 0 Å². The van der Waals surface area contributed by atoms with E-state index >= 15 is 0 Å². The Hall–Kier alpha value is -3.50. The number of aromatic nitrogens is 1. The second-order valence-electron chi connectivity index (χ2n) is 8.65. The Morgan fingerprint density at radius 3 is 2.30 bits per heavy atom. The van der Waals surface area contributed by atoms with Crippen LogP contribution < -0.4 is 5.01 Å². The van der Waals surface area contributed by atoms with Crippen molar-refractivity contribution in [3.05, 3.63) is 113 Å². The van der Waals surface area contributed by atoms with Crippen molar-refractivity contribution < 1.29 is 0 Å². The molecule has 1 saturated carbocycles. The maximum atomic E-state index is 5.25. The van der Waals surface area contributed by atoms with Crippen LogP contribution in [0.4, 0.5) is 5.13 Å². The molecule has 0 saturated heterocycles. The van der Waals surface area contributed by atoms with E-state index in [2.05, 4.69) is 101 Å². The first-order valence-corrected chi connectivity index (χ1v) is 12.4. The number of benzene rings is 3. The molecule has 0 spiro atoms. The Morgan fingerprint density at radius 1 is 0.848 bits per heavy atom. The second-order valence-corrected chi connectivity index (χ2v) is 9.48. The van der Waals surface area contributed by atoms with Gasteiger partial charge in [-0.15, -0.1) is 11.3 Å². The molecule has 2 atom stereocenters. The highest BCUT2D eigenvalue weighted by Crippen LogP contribution is 2.47. The minimum atomic E-state index is 0.176. The molecule has 0 N–H and O–H groups in total. The molecule has 0 amide bonds. The molecular formula is C29H25N3S. The zero-order chi connectivity index (χ0) is 22.0. The van der Waals surface area contributed by atoms with Gasteiger partial charge in [-0.1, -0.05) is 91.0 Å². The summed E-state index contributed by atoms with van der Waals surface area (Å²) in [6, 6.07) is 32.0. The predicted molar refractivity (Wildman–Crippen MR) is 138 cm³/mol. The van der Waals surface area contributed by atoms with E-state index in [0.29, 0.717) is 5.92 Å². The number of thiazole rings is 1. The predicted octanol–water partition coefficient (Wildman–Crippen LogP) is 7.61. The van der Waals surface area contributed by atoms with Gasteiger partial charge in [-0.3, -0.25) is 0 Å². The summed E-state index contributed by atoms with van der Waals surface area (Å²) in [5.41, 5.74) is 7.30. The van der Waals surface area contributed by atoms with Crippen LogP contribution in [0.25, 0.3) is 17.3 Å². The minimum absolute atomic E-state index is 0.176. The lowest BCUT2D eigenvalue weighted by atomic mass is 9.77. The van der Waals surface area contributed by atoms with Crippen molar-refractivity contribution in [3.63, 3.8) is 0 Å². The third-order valence-electron chi connectivity index (χ3n) is 6.54. The van der Waals surface area contributed by atoms with Crippen LogP contribution in [-0.2, 0) is 0 Å². The van der Waals surface area contributed by atoms with Gasteiger partial charge in [-0.2, -0.15) is 5.10 Å². The first-order chi connectivity index (χ1) is 16.4. The number of hydrogen-bond acceptors (Lipinski definition) is 4. The Morgan fingerprint density at radius 2 is 1.55 bits per heavy atom. The van der Waals surface area contributed by atoms with Crippen LogP contribution in [-0.4, -0.2) is 10.7 Å². The van der Waals surface area contributed by atoms with Gasteiger partial charge in [0.15, 0.2) is 0 Å². The molecule has 6 rings (SSSR count). The topological polar surface area (TPSA) is 28.5 Å². The van der Waals surface area contributed by atoms with Crippen LogP contribution in [0.2, 0.25) is 0 Å². The van der Waals surface area contributed by atoms with E-state index in [-0.39, 0.29) is 6.04 Å². The van der Waals surface area contributed by atoms with E-state index in [1.807, 2.05) is 6.07 Å². The van der Waals surface area contributed by atoms with Gasteiger partial charge in [0, 0.05) is 16.9 Å². The maximum Gasteiger partial charge on any atom is 0.207 e. The Kier molecular flexibility index (Phi) is 5.37. The van der Waals surface area contributed by atoms with Crippen LogP contribution >= 0.6 is 11.3 Å². The van der Waals surface area contributed by atoms with Gasteiger partial charge in [0.05, 0.1) is 17.4 Å². The number of hydrogen-bond donors (Lipinski definition) is 0. The number of fused-ring (bicyclic) bond motifs is 1. The molecule has 1 aliphatic carbocycles. The SMILES string of the molecule is C(=C1CCCC2C1=NN(c1nc(-c3ccccc3)cs1)C2c1ccccc1)c1ccccc1. The molecule has 3 nitrogen and oxygen atoms in total. The fraction of sp³-hybridized carbons (Fsp3) is 0.172. The van der Waals surface area contributed by atoms with Gasteiger partial charge in [-0.05, 0) is 42.0 Å². The smallest absolute Gasteiger partial charge is 0.207 e. The fourth-order valence-corrected chi connectivity index (χ4v) is 5.82. The first-order valence-electron chi connectivity index (χ1n) is 11.6. The number of nitrogens with zero attached hydrogens (tertiary/aromatic N) is 3. The molecule has 4 aromatic rings. The molecule has 2 aliphatic rings. The lowest BCUT2D eigenvalue weighted by molar-refractivity contribution is 0.487. The summed E-state index contributed by atoms with van der Waals surface area (Å²) in [5, 5.41) is 10.6. The molecule has 2 unspecified atom stereocenters. The summed E-state index contributed by atoms with van der Waals surface area (Å²) in [6.45, 7) is 0. The van der Waals surface area contributed by atoms with Gasteiger partial charge in [0.1, 0.15) is 0 Å². The van der Waals surface area contributed by atoms with Crippen LogP contribution in [0.5, 0.6) is 0 Å². The van der Waals surface area contributed by atoms with E-state index < -0.39 is 0 Å². The van der Waals surface area contributed by atoms with E-state index in [0.717, 1.165) is 29.2 Å². The largest absolute Gasteiger partial charge is 0.231 e. The summed E-state index contributed by atoms with van der Waals surface area (Å²) >= 11 is 1.68. The van der Waals surface area contributed by atoms with Crippen molar-refractivity contribution in [1.29, 1.82) is 0 Å². The molecule has 0 radical (unpaired) electrons. The Labute approximate surface area is 198 Å². The van der Waals surface area contributed by atoms with Crippen LogP contribution in [0, 0.1) is 5.92 Å². The minimum Gasteiger partial charge on any atom is -0.231 e. The third-order valence-corrected chi connectivity index (χ3v) is 7.37. The lowest BCUT2D eigenvalue weighted by Crippen LogP contribution is -2.28. The first kappa shape index (κ1) is 20.1. The van der Waals surface area contributed by atoms with Gasteiger partial charge in [0.2, 0.25) is 5.13 Å². The van der Waals surface area contributed by atoms with Gasteiger partial charge in [-0.25, -0.2) is 9.99 Å². The molecule has 3 aromatic carbocycles. The molecule has 1 aromatic heterocycles. The number of anilines is 1. The van der Waals surface area contributed by atoms with Crippen LogP contribution in [0.1, 0.15) is 36.4 Å². The Balaban J connectivity index is 1.43. The highest BCUT2D eigenvalue weighted by Gasteiger charge is 2.42. The quantitative estimate of drug-likeness (QED) is 0.322. The fourth-order valence-electron chi connectivity index (χ4n) is 5.00. The summed E-state index contributed by atoms with van der Waals surface area (Å²) in [4.78, 5) is 5.02. The summed E-state index contributed by atoms with van der Waals surface area (Å²) in [5.74, 6) is 0.375. The zero-order valence-corrected chi connectivity index (χ0v) is 19.2. The van der Waals surface area contributed by atoms with E-state index in [9.17, 15) is 0 Å². The number of rotatable bonds is 4. The highest BCUT2D eigenvalue weighted by molar-refractivity contribution is 7.14. The van der Waals surface area contributed by atoms with Crippen LogP contribution in [0.15, 0.2) is 107 Å². The highest BCUT2D eigenvalue weighted by atomic mass is 32.1. The maximum absolute atomic E-state index is 5.25. The van der Waals surface area contributed by atoms with Gasteiger partial charge in [0.25, 0.3) is 0 Å². The zero-order valence-electron chi connectivity index (χ0n) is 18.3.